The van der Waals surface area contributed by atoms with Gasteiger partial charge in [-0.05, 0) is 31.2 Å². The summed E-state index contributed by atoms with van der Waals surface area (Å²) in [7, 11) is 0. The van der Waals surface area contributed by atoms with Crippen LogP contribution in [0.2, 0.25) is 0 Å². The molecule has 0 amide bonds. The number of carbonyl (C=O) groups is 1. The number of hydrogen-bond donors (Lipinski definition) is 2. The van der Waals surface area contributed by atoms with E-state index < -0.39 is 34.8 Å². The van der Waals surface area contributed by atoms with Crippen LogP contribution in [0.3, 0.4) is 0 Å². The number of nitrogens with zero attached hydrogens (tertiary/aromatic N) is 2. The SMILES string of the molecule is C[C@@H]1[C@@H](N)CN1c1cc2c(cc1F)c(=O)c(OC(=O)O)cn2-c1ccc(F)cc1F. The molecule has 30 heavy (non-hydrogen) atoms. The fraction of sp³-hybridized carbons (Fsp3) is 0.200. The van der Waals surface area contributed by atoms with Gasteiger partial charge in [0.25, 0.3) is 0 Å². The van der Waals surface area contributed by atoms with Crippen molar-refractivity contribution in [1.29, 1.82) is 0 Å². The Bertz CT molecular complexity index is 1240. The Balaban J connectivity index is 2.02. The molecule has 0 aliphatic carbocycles. The van der Waals surface area contributed by atoms with E-state index in [2.05, 4.69) is 4.74 Å². The van der Waals surface area contributed by atoms with Crippen molar-refractivity contribution in [1.82, 2.24) is 4.57 Å². The Morgan fingerprint density at radius 1 is 1.17 bits per heavy atom. The third-order valence-electron chi connectivity index (χ3n) is 5.23. The average Bonchev–Trinajstić information content (AvgIpc) is 2.68. The summed E-state index contributed by atoms with van der Waals surface area (Å²) < 4.78 is 48.3. The zero-order valence-electron chi connectivity index (χ0n) is 15.6. The van der Waals surface area contributed by atoms with Crippen LogP contribution in [0.1, 0.15) is 6.92 Å². The van der Waals surface area contributed by atoms with Gasteiger partial charge in [0.1, 0.15) is 17.5 Å². The second kappa shape index (κ2) is 7.06. The highest BCUT2D eigenvalue weighted by Crippen LogP contribution is 2.33. The summed E-state index contributed by atoms with van der Waals surface area (Å²) >= 11 is 0. The number of carboxylic acid groups (broad SMARTS) is 1. The summed E-state index contributed by atoms with van der Waals surface area (Å²) in [5.41, 5.74) is 5.06. The highest BCUT2D eigenvalue weighted by molar-refractivity contribution is 5.86. The van der Waals surface area contributed by atoms with Crippen molar-refractivity contribution in [3.63, 3.8) is 0 Å². The number of benzene rings is 2. The Kier molecular flexibility index (Phi) is 4.65. The Labute approximate surface area is 167 Å². The Morgan fingerprint density at radius 3 is 2.47 bits per heavy atom. The van der Waals surface area contributed by atoms with Crippen molar-refractivity contribution in [3.05, 3.63) is 64.2 Å². The molecule has 4 rings (SSSR count). The number of rotatable bonds is 3. The first-order valence-electron chi connectivity index (χ1n) is 8.94. The van der Waals surface area contributed by atoms with Gasteiger partial charge in [-0.1, -0.05) is 0 Å². The molecule has 2 atom stereocenters. The van der Waals surface area contributed by atoms with Gasteiger partial charge in [0.05, 0.1) is 28.5 Å². The molecule has 1 aliphatic heterocycles. The van der Waals surface area contributed by atoms with E-state index in [-0.39, 0.29) is 34.4 Å². The molecule has 1 aliphatic rings. The van der Waals surface area contributed by atoms with Crippen molar-refractivity contribution in [2.75, 3.05) is 11.4 Å². The summed E-state index contributed by atoms with van der Waals surface area (Å²) in [6.45, 7) is 2.20. The number of nitrogens with two attached hydrogens (primary N) is 1. The van der Waals surface area contributed by atoms with Crippen molar-refractivity contribution < 1.29 is 27.8 Å². The van der Waals surface area contributed by atoms with E-state index >= 15 is 0 Å². The molecule has 2 heterocycles. The van der Waals surface area contributed by atoms with E-state index in [4.69, 9.17) is 10.8 Å². The molecule has 7 nitrogen and oxygen atoms in total. The lowest BCUT2D eigenvalue weighted by molar-refractivity contribution is 0.144. The lowest BCUT2D eigenvalue weighted by Crippen LogP contribution is -2.63. The van der Waals surface area contributed by atoms with Crippen LogP contribution in [0.4, 0.5) is 23.7 Å². The molecule has 1 saturated heterocycles. The molecule has 156 valence electrons. The van der Waals surface area contributed by atoms with Gasteiger partial charge in [-0.25, -0.2) is 18.0 Å². The van der Waals surface area contributed by atoms with Crippen LogP contribution in [0, 0.1) is 17.5 Å². The minimum Gasteiger partial charge on any atom is -0.449 e. The number of anilines is 1. The zero-order chi connectivity index (χ0) is 21.7. The molecule has 0 radical (unpaired) electrons. The lowest BCUT2D eigenvalue weighted by Gasteiger charge is -2.46. The summed E-state index contributed by atoms with van der Waals surface area (Å²) in [5.74, 6) is -3.16. The van der Waals surface area contributed by atoms with Crippen LogP contribution in [0.15, 0.2) is 41.3 Å². The maximum Gasteiger partial charge on any atom is 0.511 e. The first-order valence-corrected chi connectivity index (χ1v) is 8.94. The van der Waals surface area contributed by atoms with Gasteiger partial charge < -0.3 is 25.0 Å². The van der Waals surface area contributed by atoms with E-state index in [1.54, 1.807) is 4.90 Å². The fourth-order valence-corrected chi connectivity index (χ4v) is 3.53. The molecular weight excluding hydrogens is 403 g/mol. The predicted molar refractivity (Wildman–Crippen MR) is 103 cm³/mol. The lowest BCUT2D eigenvalue weighted by atomic mass is 9.97. The molecule has 0 unspecified atom stereocenters. The number of halogens is 3. The van der Waals surface area contributed by atoms with Crippen molar-refractivity contribution in [3.8, 4) is 11.4 Å². The standard InChI is InChI=1S/C20H16F3N3O4/c1-9-14(24)7-25(9)17-6-16-11(5-13(17)23)19(27)18(30-20(28)29)8-26(16)15-3-2-10(21)4-12(15)22/h2-6,8-9,14H,7,24H2,1H3,(H,28,29)/t9-,14+/m1/s1. The first-order chi connectivity index (χ1) is 14.2. The van der Waals surface area contributed by atoms with E-state index in [1.807, 2.05) is 6.92 Å². The maximum atomic E-state index is 14.8. The van der Waals surface area contributed by atoms with Gasteiger partial charge in [0.15, 0.2) is 5.75 Å². The molecule has 1 fully saturated rings. The quantitative estimate of drug-likeness (QED) is 0.634. The number of pyridine rings is 1. The average molecular weight is 419 g/mol. The maximum absolute atomic E-state index is 14.8. The number of fused-ring (bicyclic) bond motifs is 1. The minimum atomic E-state index is -1.77. The molecule has 10 heteroatoms. The van der Waals surface area contributed by atoms with Crippen LogP contribution in [0.25, 0.3) is 16.6 Å². The van der Waals surface area contributed by atoms with Crippen LogP contribution >= 0.6 is 0 Å². The Hall–Kier alpha value is -3.53. The minimum absolute atomic E-state index is 0.0901. The Morgan fingerprint density at radius 2 is 1.87 bits per heavy atom. The molecule has 1 aromatic heterocycles. The second-order valence-corrected chi connectivity index (χ2v) is 7.03. The van der Waals surface area contributed by atoms with Crippen molar-refractivity contribution >= 4 is 22.7 Å². The van der Waals surface area contributed by atoms with Crippen LogP contribution in [-0.4, -0.2) is 34.5 Å². The van der Waals surface area contributed by atoms with Crippen molar-refractivity contribution in [2.24, 2.45) is 5.73 Å². The molecular formula is C20H16F3N3O4. The molecule has 2 aromatic carbocycles. The van der Waals surface area contributed by atoms with Crippen LogP contribution < -0.4 is 20.8 Å². The summed E-state index contributed by atoms with van der Waals surface area (Å²) in [6, 6.07) is 4.74. The number of aromatic nitrogens is 1. The summed E-state index contributed by atoms with van der Waals surface area (Å²) in [5, 5.41) is 8.67. The first kappa shape index (κ1) is 19.8. The fourth-order valence-electron chi connectivity index (χ4n) is 3.53. The van der Waals surface area contributed by atoms with Crippen LogP contribution in [0.5, 0.6) is 5.75 Å². The van der Waals surface area contributed by atoms with Gasteiger partial charge in [0.2, 0.25) is 5.43 Å². The van der Waals surface area contributed by atoms with Crippen LogP contribution in [-0.2, 0) is 0 Å². The largest absolute Gasteiger partial charge is 0.511 e. The number of ether oxygens (including phenoxy) is 1. The molecule has 3 N–H and O–H groups in total. The third-order valence-corrected chi connectivity index (χ3v) is 5.23. The number of hydrogen-bond acceptors (Lipinski definition) is 5. The van der Waals surface area contributed by atoms with Gasteiger partial charge in [-0.3, -0.25) is 4.79 Å². The zero-order valence-corrected chi connectivity index (χ0v) is 15.6. The monoisotopic (exact) mass is 419 g/mol. The van der Waals surface area contributed by atoms with Gasteiger partial charge in [-0.2, -0.15) is 0 Å². The second-order valence-electron chi connectivity index (χ2n) is 7.03. The van der Waals surface area contributed by atoms with Crippen molar-refractivity contribution in [2.45, 2.75) is 19.0 Å². The van der Waals surface area contributed by atoms with Gasteiger partial charge in [-0.15, -0.1) is 0 Å². The van der Waals surface area contributed by atoms with E-state index in [0.717, 1.165) is 29.0 Å². The predicted octanol–water partition coefficient (Wildman–Crippen LogP) is 3.00. The molecule has 0 saturated carbocycles. The third kappa shape index (κ3) is 3.14. The summed E-state index contributed by atoms with van der Waals surface area (Å²) in [4.78, 5) is 25.3. The highest BCUT2D eigenvalue weighted by Gasteiger charge is 2.34. The van der Waals surface area contributed by atoms with E-state index in [9.17, 15) is 22.8 Å². The van der Waals surface area contributed by atoms with Gasteiger partial charge in [0, 0.05) is 24.7 Å². The topological polar surface area (TPSA) is 97.8 Å². The van der Waals surface area contributed by atoms with E-state index in [0.29, 0.717) is 12.6 Å². The highest BCUT2D eigenvalue weighted by atomic mass is 19.1. The van der Waals surface area contributed by atoms with Gasteiger partial charge >= 0.3 is 6.16 Å². The molecule has 3 aromatic rings. The molecule has 0 bridgehead atoms. The molecule has 0 spiro atoms. The normalized spacial score (nSPS) is 18.4. The smallest absolute Gasteiger partial charge is 0.449 e. The summed E-state index contributed by atoms with van der Waals surface area (Å²) in [6.07, 6.45) is -0.791. The van der Waals surface area contributed by atoms with E-state index in [1.165, 1.54) is 6.07 Å².